The molecule has 4 rings (SSSR count). The van der Waals surface area contributed by atoms with E-state index in [9.17, 15) is 9.59 Å². The number of carbonyl (C=O) groups is 2. The lowest BCUT2D eigenvalue weighted by atomic mass is 10.00. The van der Waals surface area contributed by atoms with E-state index < -0.39 is 0 Å². The molecule has 0 aliphatic carbocycles. The molecule has 1 aliphatic heterocycles. The third kappa shape index (κ3) is 5.53. The summed E-state index contributed by atoms with van der Waals surface area (Å²) in [5.41, 5.74) is 10.8. The van der Waals surface area contributed by atoms with Crippen LogP contribution in [0.25, 0.3) is 11.3 Å². The summed E-state index contributed by atoms with van der Waals surface area (Å²) >= 11 is 0. The highest BCUT2D eigenvalue weighted by Gasteiger charge is 2.28. The van der Waals surface area contributed by atoms with Crippen molar-refractivity contribution in [2.45, 2.75) is 25.7 Å². The Hall–Kier alpha value is -3.90. The van der Waals surface area contributed by atoms with Crippen LogP contribution in [0, 0.1) is 0 Å². The third-order valence-corrected chi connectivity index (χ3v) is 5.82. The van der Waals surface area contributed by atoms with Crippen molar-refractivity contribution >= 4 is 34.5 Å². The van der Waals surface area contributed by atoms with Crippen LogP contribution in [0.2, 0.25) is 0 Å². The molecule has 6 nitrogen and oxygen atoms in total. The molecule has 0 unspecified atom stereocenters. The number of para-hydroxylation sites is 1. The second-order valence-corrected chi connectivity index (χ2v) is 8.28. The number of nitrogens with two attached hydrogens (primary N) is 1. The largest absolute Gasteiger partial charge is 0.354 e. The van der Waals surface area contributed by atoms with Gasteiger partial charge in [-0.05, 0) is 55.3 Å². The third-order valence-electron chi connectivity index (χ3n) is 5.82. The molecule has 6 heteroatoms. The van der Waals surface area contributed by atoms with Gasteiger partial charge in [0.2, 0.25) is 0 Å². The normalized spacial score (nSPS) is 13.7. The number of hydrogen-bond donors (Lipinski definition) is 4. The number of amides is 2. The predicted octanol–water partition coefficient (Wildman–Crippen LogP) is 4.87. The Morgan fingerprint density at radius 2 is 1.50 bits per heavy atom. The van der Waals surface area contributed by atoms with Crippen molar-refractivity contribution < 1.29 is 9.59 Å². The Bertz CT molecular complexity index is 1170. The summed E-state index contributed by atoms with van der Waals surface area (Å²) in [6, 6.07) is 24.7. The van der Waals surface area contributed by atoms with Crippen LogP contribution in [-0.4, -0.2) is 24.9 Å². The van der Waals surface area contributed by atoms with E-state index in [1.54, 1.807) is 12.1 Å². The van der Waals surface area contributed by atoms with Crippen LogP contribution in [0.3, 0.4) is 0 Å². The van der Waals surface area contributed by atoms with E-state index in [2.05, 4.69) is 16.0 Å². The smallest absolute Gasteiger partial charge is 0.258 e. The average Bonchev–Trinajstić information content (AvgIpc) is 3.21. The number of nitrogens with one attached hydrogen (secondary N) is 3. The molecule has 3 aromatic carbocycles. The van der Waals surface area contributed by atoms with Gasteiger partial charge in [-0.15, -0.1) is 0 Å². The van der Waals surface area contributed by atoms with Crippen molar-refractivity contribution in [2.24, 2.45) is 5.73 Å². The van der Waals surface area contributed by atoms with Crippen LogP contribution in [0.4, 0.5) is 11.4 Å². The Labute approximate surface area is 200 Å². The van der Waals surface area contributed by atoms with E-state index in [1.807, 2.05) is 66.7 Å². The summed E-state index contributed by atoms with van der Waals surface area (Å²) < 4.78 is 0. The summed E-state index contributed by atoms with van der Waals surface area (Å²) in [6.07, 6.45) is 4.13. The van der Waals surface area contributed by atoms with Crippen molar-refractivity contribution in [3.63, 3.8) is 0 Å². The Kier molecular flexibility index (Phi) is 7.73. The number of hydrogen-bond acceptors (Lipinski definition) is 4. The van der Waals surface area contributed by atoms with Gasteiger partial charge < -0.3 is 21.7 Å². The Balaban J connectivity index is 1.51. The number of unbranched alkanes of at least 4 members (excludes halogenated alkanes) is 3. The van der Waals surface area contributed by atoms with E-state index in [1.165, 1.54) is 0 Å². The SMILES string of the molecule is NCCCCCCNC(=O)c1ccc(N/C(=C2\C(=O)Nc3ccccc32)c2ccccc2)cc1. The molecule has 1 aliphatic rings. The molecular weight excluding hydrogens is 424 g/mol. The molecule has 2 amide bonds. The number of fused-ring (bicyclic) bond motifs is 1. The van der Waals surface area contributed by atoms with Crippen molar-refractivity contribution in [2.75, 3.05) is 23.7 Å². The second kappa shape index (κ2) is 11.3. The lowest BCUT2D eigenvalue weighted by Gasteiger charge is -2.15. The molecule has 0 bridgehead atoms. The number of rotatable bonds is 10. The number of carbonyl (C=O) groups excluding carboxylic acids is 2. The molecule has 174 valence electrons. The number of benzene rings is 3. The van der Waals surface area contributed by atoms with Crippen LogP contribution in [-0.2, 0) is 4.79 Å². The van der Waals surface area contributed by atoms with Crippen LogP contribution >= 0.6 is 0 Å². The van der Waals surface area contributed by atoms with Crippen molar-refractivity contribution in [3.8, 4) is 0 Å². The van der Waals surface area contributed by atoms with Crippen molar-refractivity contribution in [1.82, 2.24) is 5.32 Å². The fourth-order valence-corrected chi connectivity index (χ4v) is 4.03. The fourth-order valence-electron chi connectivity index (χ4n) is 4.03. The van der Waals surface area contributed by atoms with Crippen molar-refractivity contribution in [3.05, 3.63) is 95.6 Å². The number of anilines is 2. The summed E-state index contributed by atoms with van der Waals surface area (Å²) in [4.78, 5) is 25.4. The first-order valence-corrected chi connectivity index (χ1v) is 11.7. The van der Waals surface area contributed by atoms with E-state index >= 15 is 0 Å². The Morgan fingerprint density at radius 1 is 0.794 bits per heavy atom. The van der Waals surface area contributed by atoms with Gasteiger partial charge in [-0.1, -0.05) is 61.4 Å². The topological polar surface area (TPSA) is 96.2 Å². The van der Waals surface area contributed by atoms with E-state index in [0.29, 0.717) is 24.2 Å². The van der Waals surface area contributed by atoms with Crippen LogP contribution in [0.5, 0.6) is 0 Å². The quantitative estimate of drug-likeness (QED) is 0.260. The van der Waals surface area contributed by atoms with Crippen LogP contribution < -0.4 is 21.7 Å². The predicted molar refractivity (Wildman–Crippen MR) is 138 cm³/mol. The second-order valence-electron chi connectivity index (χ2n) is 8.28. The molecule has 3 aromatic rings. The molecule has 0 saturated heterocycles. The summed E-state index contributed by atoms with van der Waals surface area (Å²) in [5, 5.41) is 9.34. The van der Waals surface area contributed by atoms with Gasteiger partial charge in [0.1, 0.15) is 0 Å². The summed E-state index contributed by atoms with van der Waals surface area (Å²) in [7, 11) is 0. The minimum Gasteiger partial charge on any atom is -0.354 e. The van der Waals surface area contributed by atoms with E-state index in [-0.39, 0.29) is 11.8 Å². The molecule has 0 spiro atoms. The molecule has 0 fully saturated rings. The van der Waals surface area contributed by atoms with Crippen LogP contribution in [0.1, 0.15) is 47.2 Å². The summed E-state index contributed by atoms with van der Waals surface area (Å²) in [6.45, 7) is 1.37. The molecule has 0 aromatic heterocycles. The highest BCUT2D eigenvalue weighted by molar-refractivity contribution is 6.37. The fraction of sp³-hybridized carbons (Fsp3) is 0.214. The maximum absolute atomic E-state index is 12.9. The lowest BCUT2D eigenvalue weighted by Crippen LogP contribution is -2.24. The highest BCUT2D eigenvalue weighted by atomic mass is 16.2. The minimum atomic E-state index is -0.144. The molecule has 0 atom stereocenters. The summed E-state index contributed by atoms with van der Waals surface area (Å²) in [5.74, 6) is -0.230. The van der Waals surface area contributed by atoms with Gasteiger partial charge in [0.05, 0.1) is 11.3 Å². The minimum absolute atomic E-state index is 0.0869. The van der Waals surface area contributed by atoms with Gasteiger partial charge in [-0.2, -0.15) is 0 Å². The zero-order valence-electron chi connectivity index (χ0n) is 19.1. The maximum Gasteiger partial charge on any atom is 0.258 e. The molecular formula is C28H30N4O2. The van der Waals surface area contributed by atoms with Gasteiger partial charge in [-0.25, -0.2) is 0 Å². The van der Waals surface area contributed by atoms with Gasteiger partial charge in [0.15, 0.2) is 0 Å². The van der Waals surface area contributed by atoms with Gasteiger partial charge in [0.25, 0.3) is 11.8 Å². The molecule has 34 heavy (non-hydrogen) atoms. The highest BCUT2D eigenvalue weighted by Crippen LogP contribution is 2.37. The zero-order chi connectivity index (χ0) is 23.8. The first-order chi connectivity index (χ1) is 16.7. The molecule has 0 saturated carbocycles. The lowest BCUT2D eigenvalue weighted by molar-refractivity contribution is -0.110. The van der Waals surface area contributed by atoms with Gasteiger partial charge >= 0.3 is 0 Å². The standard InChI is InChI=1S/C28H30N4O2/c29-18-8-1-2-9-19-30-27(33)21-14-16-22(17-15-21)31-26(20-10-4-3-5-11-20)25-23-12-6-7-13-24(23)32-28(25)34/h3-7,10-17,31H,1-2,8-9,18-19,29H2,(H,30,33)(H,32,34)/b26-25-. The van der Waals surface area contributed by atoms with Gasteiger partial charge in [0, 0.05) is 29.0 Å². The monoisotopic (exact) mass is 454 g/mol. The maximum atomic E-state index is 12.9. The first kappa shape index (κ1) is 23.3. The Morgan fingerprint density at radius 3 is 2.26 bits per heavy atom. The molecule has 0 radical (unpaired) electrons. The average molecular weight is 455 g/mol. The first-order valence-electron chi connectivity index (χ1n) is 11.7. The molecule has 1 heterocycles. The van der Waals surface area contributed by atoms with Crippen LogP contribution in [0.15, 0.2) is 78.9 Å². The molecule has 5 N–H and O–H groups in total. The van der Waals surface area contributed by atoms with Crippen molar-refractivity contribution in [1.29, 1.82) is 0 Å². The van der Waals surface area contributed by atoms with Gasteiger partial charge in [-0.3, -0.25) is 9.59 Å². The van der Waals surface area contributed by atoms with E-state index in [4.69, 9.17) is 5.73 Å². The van der Waals surface area contributed by atoms with E-state index in [0.717, 1.165) is 53.9 Å². The zero-order valence-corrected chi connectivity index (χ0v) is 19.1.